The number of rotatable bonds is 1. The maximum atomic E-state index is 13.1. The van der Waals surface area contributed by atoms with E-state index in [0.29, 0.717) is 24.9 Å². The zero-order chi connectivity index (χ0) is 12.7. The van der Waals surface area contributed by atoms with Gasteiger partial charge in [-0.05, 0) is 30.0 Å². The highest BCUT2D eigenvalue weighted by molar-refractivity contribution is 5.94. The molecule has 2 fully saturated rings. The van der Waals surface area contributed by atoms with Crippen LogP contribution in [-0.4, -0.2) is 37.0 Å². The van der Waals surface area contributed by atoms with E-state index >= 15 is 0 Å². The van der Waals surface area contributed by atoms with Crippen LogP contribution >= 0.6 is 0 Å². The number of benzene rings is 1. The van der Waals surface area contributed by atoms with Gasteiger partial charge in [0.15, 0.2) is 11.6 Å². The molecule has 0 spiro atoms. The minimum Gasteiger partial charge on any atom is -0.338 e. The largest absolute Gasteiger partial charge is 0.338 e. The number of halogens is 2. The molecular formula is C13H14F2N2O. The van der Waals surface area contributed by atoms with Crippen LogP contribution in [0.1, 0.15) is 10.4 Å². The van der Waals surface area contributed by atoms with Crippen LogP contribution in [0.2, 0.25) is 0 Å². The number of hydrogen-bond acceptors (Lipinski definition) is 2. The molecule has 1 aromatic carbocycles. The van der Waals surface area contributed by atoms with Gasteiger partial charge in [0.1, 0.15) is 0 Å². The molecule has 0 bridgehead atoms. The summed E-state index contributed by atoms with van der Waals surface area (Å²) in [5.41, 5.74) is 0.224. The Labute approximate surface area is 104 Å². The van der Waals surface area contributed by atoms with Gasteiger partial charge in [-0.25, -0.2) is 8.78 Å². The van der Waals surface area contributed by atoms with Gasteiger partial charge in [-0.15, -0.1) is 0 Å². The summed E-state index contributed by atoms with van der Waals surface area (Å²) < 4.78 is 25.9. The quantitative estimate of drug-likeness (QED) is 0.816. The molecule has 2 aliphatic heterocycles. The normalized spacial score (nSPS) is 26.4. The highest BCUT2D eigenvalue weighted by atomic mass is 19.2. The second-order valence-electron chi connectivity index (χ2n) is 5.02. The molecule has 96 valence electrons. The van der Waals surface area contributed by atoms with Crippen molar-refractivity contribution in [2.75, 3.05) is 26.2 Å². The molecule has 3 nitrogen and oxygen atoms in total. The van der Waals surface area contributed by atoms with Crippen molar-refractivity contribution in [1.82, 2.24) is 10.2 Å². The van der Waals surface area contributed by atoms with Crippen LogP contribution in [0.25, 0.3) is 0 Å². The number of likely N-dealkylation sites (tertiary alicyclic amines) is 1. The van der Waals surface area contributed by atoms with Crippen molar-refractivity contribution in [2.45, 2.75) is 0 Å². The molecular weight excluding hydrogens is 238 g/mol. The SMILES string of the molecule is O=C(c1ccc(F)c(F)c1)N1CC2CNCC2C1. The predicted molar refractivity (Wildman–Crippen MR) is 62.1 cm³/mol. The average Bonchev–Trinajstić information content (AvgIpc) is 2.92. The monoisotopic (exact) mass is 252 g/mol. The molecule has 0 aromatic heterocycles. The number of amides is 1. The molecule has 0 radical (unpaired) electrons. The Balaban J connectivity index is 1.77. The fourth-order valence-corrected chi connectivity index (χ4v) is 2.83. The highest BCUT2D eigenvalue weighted by Gasteiger charge is 2.38. The van der Waals surface area contributed by atoms with Crippen LogP contribution in [0.5, 0.6) is 0 Å². The van der Waals surface area contributed by atoms with E-state index in [1.807, 2.05) is 0 Å². The number of nitrogens with one attached hydrogen (secondary N) is 1. The minimum absolute atomic E-state index is 0.205. The van der Waals surface area contributed by atoms with Crippen molar-refractivity contribution in [2.24, 2.45) is 11.8 Å². The maximum Gasteiger partial charge on any atom is 0.253 e. The Kier molecular flexibility index (Phi) is 2.78. The second kappa shape index (κ2) is 4.31. The summed E-state index contributed by atoms with van der Waals surface area (Å²) in [6, 6.07) is 3.32. The Bertz CT molecular complexity index is 480. The fourth-order valence-electron chi connectivity index (χ4n) is 2.83. The summed E-state index contributed by atoms with van der Waals surface area (Å²) in [6.07, 6.45) is 0. The van der Waals surface area contributed by atoms with Crippen molar-refractivity contribution in [3.8, 4) is 0 Å². The van der Waals surface area contributed by atoms with Gasteiger partial charge < -0.3 is 10.2 Å². The third kappa shape index (κ3) is 1.88. The first kappa shape index (κ1) is 11.6. The Morgan fingerprint density at radius 3 is 2.44 bits per heavy atom. The summed E-state index contributed by atoms with van der Waals surface area (Å²) in [7, 11) is 0. The summed E-state index contributed by atoms with van der Waals surface area (Å²) >= 11 is 0. The van der Waals surface area contributed by atoms with Gasteiger partial charge in [0, 0.05) is 31.7 Å². The lowest BCUT2D eigenvalue weighted by molar-refractivity contribution is 0.0781. The van der Waals surface area contributed by atoms with E-state index in [9.17, 15) is 13.6 Å². The van der Waals surface area contributed by atoms with Crippen molar-refractivity contribution < 1.29 is 13.6 Å². The van der Waals surface area contributed by atoms with Crippen molar-refractivity contribution in [3.05, 3.63) is 35.4 Å². The Morgan fingerprint density at radius 2 is 1.83 bits per heavy atom. The van der Waals surface area contributed by atoms with Gasteiger partial charge in [-0.2, -0.15) is 0 Å². The zero-order valence-corrected chi connectivity index (χ0v) is 9.83. The van der Waals surface area contributed by atoms with Crippen LogP contribution in [0.3, 0.4) is 0 Å². The van der Waals surface area contributed by atoms with Gasteiger partial charge in [-0.3, -0.25) is 4.79 Å². The standard InChI is InChI=1S/C13H14F2N2O/c14-11-2-1-8(3-12(11)15)13(18)17-6-9-4-16-5-10(9)7-17/h1-3,9-10,16H,4-7H2. The van der Waals surface area contributed by atoms with Crippen LogP contribution in [0.4, 0.5) is 8.78 Å². The Morgan fingerprint density at radius 1 is 1.17 bits per heavy atom. The Hall–Kier alpha value is -1.49. The summed E-state index contributed by atoms with van der Waals surface area (Å²) in [6.45, 7) is 3.28. The molecule has 2 aliphatic rings. The third-order valence-electron chi connectivity index (χ3n) is 3.84. The molecule has 0 aliphatic carbocycles. The maximum absolute atomic E-state index is 13.1. The second-order valence-corrected chi connectivity index (χ2v) is 5.02. The zero-order valence-electron chi connectivity index (χ0n) is 9.83. The minimum atomic E-state index is -0.970. The highest BCUT2D eigenvalue weighted by Crippen LogP contribution is 2.27. The van der Waals surface area contributed by atoms with Crippen LogP contribution in [-0.2, 0) is 0 Å². The van der Waals surface area contributed by atoms with Gasteiger partial charge in [-0.1, -0.05) is 0 Å². The number of carbonyl (C=O) groups excluding carboxylic acids is 1. The molecule has 0 saturated carbocycles. The van der Waals surface area contributed by atoms with E-state index in [-0.39, 0.29) is 11.5 Å². The van der Waals surface area contributed by atoms with Gasteiger partial charge in [0.05, 0.1) is 0 Å². The molecule has 3 rings (SSSR count). The molecule has 18 heavy (non-hydrogen) atoms. The molecule has 1 N–H and O–H groups in total. The number of hydrogen-bond donors (Lipinski definition) is 1. The first-order valence-electron chi connectivity index (χ1n) is 6.10. The van der Waals surface area contributed by atoms with Gasteiger partial charge in [0.2, 0.25) is 0 Å². The van der Waals surface area contributed by atoms with E-state index in [1.165, 1.54) is 6.07 Å². The average molecular weight is 252 g/mol. The number of fused-ring (bicyclic) bond motifs is 1. The van der Waals surface area contributed by atoms with Crippen molar-refractivity contribution >= 4 is 5.91 Å². The predicted octanol–water partition coefficient (Wildman–Crippen LogP) is 1.26. The van der Waals surface area contributed by atoms with E-state index in [1.54, 1.807) is 4.90 Å². The van der Waals surface area contributed by atoms with E-state index in [0.717, 1.165) is 25.2 Å². The summed E-state index contributed by atoms with van der Waals surface area (Å²) in [5, 5.41) is 3.29. The fraction of sp³-hybridized carbons (Fsp3) is 0.462. The number of nitrogens with zero attached hydrogens (tertiary/aromatic N) is 1. The van der Waals surface area contributed by atoms with Crippen LogP contribution in [0, 0.1) is 23.5 Å². The molecule has 2 unspecified atom stereocenters. The number of carbonyl (C=O) groups is 1. The van der Waals surface area contributed by atoms with E-state index < -0.39 is 11.6 Å². The lowest BCUT2D eigenvalue weighted by atomic mass is 10.0. The molecule has 2 saturated heterocycles. The topological polar surface area (TPSA) is 32.3 Å². The summed E-state index contributed by atoms with van der Waals surface area (Å²) in [4.78, 5) is 13.9. The molecule has 1 amide bonds. The van der Waals surface area contributed by atoms with Crippen molar-refractivity contribution in [1.29, 1.82) is 0 Å². The first-order chi connectivity index (χ1) is 8.65. The first-order valence-corrected chi connectivity index (χ1v) is 6.10. The van der Waals surface area contributed by atoms with Crippen LogP contribution < -0.4 is 5.32 Å². The summed E-state index contributed by atoms with van der Waals surface area (Å²) in [5.74, 6) is -1.10. The van der Waals surface area contributed by atoms with Crippen LogP contribution in [0.15, 0.2) is 18.2 Å². The van der Waals surface area contributed by atoms with E-state index in [4.69, 9.17) is 0 Å². The van der Waals surface area contributed by atoms with Crippen molar-refractivity contribution in [3.63, 3.8) is 0 Å². The molecule has 5 heteroatoms. The third-order valence-corrected chi connectivity index (χ3v) is 3.84. The van der Waals surface area contributed by atoms with Gasteiger partial charge in [0.25, 0.3) is 5.91 Å². The smallest absolute Gasteiger partial charge is 0.253 e. The molecule has 2 atom stereocenters. The molecule has 2 heterocycles. The lowest BCUT2D eigenvalue weighted by Gasteiger charge is -2.17. The van der Waals surface area contributed by atoms with Gasteiger partial charge >= 0.3 is 0 Å². The molecule has 1 aromatic rings. The lowest BCUT2D eigenvalue weighted by Crippen LogP contribution is -2.31. The van der Waals surface area contributed by atoms with E-state index in [2.05, 4.69) is 5.32 Å².